The monoisotopic (exact) mass is 306 g/mol. The van der Waals surface area contributed by atoms with Gasteiger partial charge in [-0.3, -0.25) is 0 Å². The minimum Gasteiger partial charge on any atom is -0.393 e. The third kappa shape index (κ3) is 1.80. The van der Waals surface area contributed by atoms with Crippen LogP contribution < -0.4 is 0 Å². The second-order valence-electron chi connectivity index (χ2n) is 9.82. The molecule has 0 spiro atoms. The zero-order chi connectivity index (χ0) is 15.8. The highest BCUT2D eigenvalue weighted by molar-refractivity contribution is 5.14. The van der Waals surface area contributed by atoms with E-state index in [2.05, 4.69) is 13.8 Å². The number of hydrogen-bond donors (Lipinski definition) is 2. The lowest BCUT2D eigenvalue weighted by atomic mass is 9.44. The molecule has 0 amide bonds. The van der Waals surface area contributed by atoms with Gasteiger partial charge < -0.3 is 10.2 Å². The van der Waals surface area contributed by atoms with Crippen molar-refractivity contribution in [3.63, 3.8) is 0 Å². The van der Waals surface area contributed by atoms with Gasteiger partial charge in [0.1, 0.15) is 0 Å². The van der Waals surface area contributed by atoms with Crippen LogP contribution in [0.15, 0.2) is 0 Å². The van der Waals surface area contributed by atoms with E-state index < -0.39 is 5.60 Å². The highest BCUT2D eigenvalue weighted by atomic mass is 16.3. The molecule has 2 nitrogen and oxygen atoms in total. The standard InChI is InChI=1S/C20H34O2/c1-18-10-5-4-6-13(18)7-8-14-15-9-11-20(3,22)19(15,2)12-16(21)17(14)18/h13-17,21-22H,4-12H2,1-3H3/t13-,14+,15+,16+,17-,18+,19+,20-/m1/s1. The number of rotatable bonds is 0. The molecule has 4 rings (SSSR count). The fraction of sp³-hybridized carbons (Fsp3) is 1.00. The maximum absolute atomic E-state index is 11.1. The summed E-state index contributed by atoms with van der Waals surface area (Å²) in [6.07, 6.45) is 10.8. The second-order valence-corrected chi connectivity index (χ2v) is 9.82. The van der Waals surface area contributed by atoms with E-state index in [0.29, 0.717) is 23.2 Å². The van der Waals surface area contributed by atoms with E-state index in [0.717, 1.165) is 25.2 Å². The molecule has 126 valence electrons. The van der Waals surface area contributed by atoms with Gasteiger partial charge in [0.2, 0.25) is 0 Å². The Kier molecular flexibility index (Phi) is 3.32. The van der Waals surface area contributed by atoms with Gasteiger partial charge in [-0.05, 0) is 81.0 Å². The molecule has 0 bridgehead atoms. The van der Waals surface area contributed by atoms with Crippen LogP contribution >= 0.6 is 0 Å². The van der Waals surface area contributed by atoms with Crippen LogP contribution in [0, 0.1) is 34.5 Å². The maximum Gasteiger partial charge on any atom is 0.0676 e. The van der Waals surface area contributed by atoms with Crippen LogP contribution in [0.1, 0.15) is 78.6 Å². The Morgan fingerprint density at radius 3 is 2.45 bits per heavy atom. The van der Waals surface area contributed by atoms with Gasteiger partial charge in [-0.1, -0.05) is 26.7 Å². The molecule has 4 aliphatic rings. The second kappa shape index (κ2) is 4.72. The van der Waals surface area contributed by atoms with E-state index in [9.17, 15) is 10.2 Å². The molecule has 0 heterocycles. The molecule has 4 aliphatic carbocycles. The predicted molar refractivity (Wildman–Crippen MR) is 88.4 cm³/mol. The van der Waals surface area contributed by atoms with E-state index in [4.69, 9.17) is 0 Å². The molecule has 0 aromatic carbocycles. The van der Waals surface area contributed by atoms with E-state index in [1.54, 1.807) is 0 Å². The van der Waals surface area contributed by atoms with Gasteiger partial charge in [0, 0.05) is 5.41 Å². The van der Waals surface area contributed by atoms with Gasteiger partial charge in [-0.25, -0.2) is 0 Å². The average Bonchev–Trinajstić information content (AvgIpc) is 2.68. The van der Waals surface area contributed by atoms with E-state index in [-0.39, 0.29) is 11.5 Å². The highest BCUT2D eigenvalue weighted by Gasteiger charge is 2.65. The minimum atomic E-state index is -0.589. The molecule has 8 atom stereocenters. The van der Waals surface area contributed by atoms with Gasteiger partial charge in [0.05, 0.1) is 11.7 Å². The Balaban J connectivity index is 1.71. The summed E-state index contributed by atoms with van der Waals surface area (Å²) in [6, 6.07) is 0. The van der Waals surface area contributed by atoms with Crippen molar-refractivity contribution in [2.24, 2.45) is 34.5 Å². The molecule has 0 saturated heterocycles. The summed E-state index contributed by atoms with van der Waals surface area (Å²) in [5, 5.41) is 22.1. The van der Waals surface area contributed by atoms with Gasteiger partial charge in [-0.2, -0.15) is 0 Å². The van der Waals surface area contributed by atoms with Crippen molar-refractivity contribution in [2.75, 3.05) is 0 Å². The Labute approximate surface area is 135 Å². The summed E-state index contributed by atoms with van der Waals surface area (Å²) in [5.41, 5.74) is -0.310. The summed E-state index contributed by atoms with van der Waals surface area (Å²) in [5.74, 6) is 2.58. The first-order valence-electron chi connectivity index (χ1n) is 9.70. The summed E-state index contributed by atoms with van der Waals surface area (Å²) < 4.78 is 0. The van der Waals surface area contributed by atoms with Crippen LogP contribution in [0.25, 0.3) is 0 Å². The average molecular weight is 306 g/mol. The quantitative estimate of drug-likeness (QED) is 0.706. The van der Waals surface area contributed by atoms with E-state index in [1.807, 2.05) is 6.92 Å². The first-order valence-corrected chi connectivity index (χ1v) is 9.70. The van der Waals surface area contributed by atoms with Crippen molar-refractivity contribution in [1.82, 2.24) is 0 Å². The minimum absolute atomic E-state index is 0.0779. The molecule has 0 aromatic rings. The topological polar surface area (TPSA) is 40.5 Å². The first-order chi connectivity index (χ1) is 10.3. The van der Waals surface area contributed by atoms with Crippen molar-refractivity contribution >= 4 is 0 Å². The number of fused-ring (bicyclic) bond motifs is 5. The summed E-state index contributed by atoms with van der Waals surface area (Å²) in [6.45, 7) is 6.78. The molecule has 22 heavy (non-hydrogen) atoms. The van der Waals surface area contributed by atoms with Crippen molar-refractivity contribution in [2.45, 2.75) is 90.3 Å². The zero-order valence-electron chi connectivity index (χ0n) is 14.6. The normalized spacial score (nSPS) is 61.2. The fourth-order valence-electron chi connectivity index (χ4n) is 7.64. The van der Waals surface area contributed by atoms with Crippen LogP contribution in [-0.4, -0.2) is 21.9 Å². The van der Waals surface area contributed by atoms with Gasteiger partial charge in [0.25, 0.3) is 0 Å². The van der Waals surface area contributed by atoms with Crippen LogP contribution in [0.4, 0.5) is 0 Å². The highest BCUT2D eigenvalue weighted by Crippen LogP contribution is 2.68. The van der Waals surface area contributed by atoms with Gasteiger partial charge in [0.15, 0.2) is 0 Å². The van der Waals surface area contributed by atoms with Crippen LogP contribution in [-0.2, 0) is 0 Å². The molecular weight excluding hydrogens is 272 g/mol. The molecule has 4 fully saturated rings. The van der Waals surface area contributed by atoms with Crippen LogP contribution in [0.2, 0.25) is 0 Å². The Morgan fingerprint density at radius 2 is 1.68 bits per heavy atom. The molecule has 0 radical (unpaired) electrons. The smallest absolute Gasteiger partial charge is 0.0676 e. The third-order valence-corrected chi connectivity index (χ3v) is 9.08. The Morgan fingerprint density at radius 1 is 0.909 bits per heavy atom. The zero-order valence-corrected chi connectivity index (χ0v) is 14.6. The van der Waals surface area contributed by atoms with Crippen molar-refractivity contribution in [3.05, 3.63) is 0 Å². The fourth-order valence-corrected chi connectivity index (χ4v) is 7.64. The lowest BCUT2D eigenvalue weighted by Crippen LogP contribution is -2.60. The lowest BCUT2D eigenvalue weighted by molar-refractivity contribution is -0.192. The lowest BCUT2D eigenvalue weighted by Gasteiger charge is -2.62. The Bertz CT molecular complexity index is 459. The molecule has 0 unspecified atom stereocenters. The first kappa shape index (κ1) is 15.4. The van der Waals surface area contributed by atoms with Crippen LogP contribution in [0.5, 0.6) is 0 Å². The molecule has 2 heteroatoms. The number of hydrogen-bond acceptors (Lipinski definition) is 2. The molecule has 4 saturated carbocycles. The number of aliphatic hydroxyl groups excluding tert-OH is 1. The third-order valence-electron chi connectivity index (χ3n) is 9.08. The predicted octanol–water partition coefficient (Wildman–Crippen LogP) is 4.14. The molecule has 0 aromatic heterocycles. The molecule has 0 aliphatic heterocycles. The SMILES string of the molecule is C[C@]12CCCC[C@@H]1CC[C@@H]1[C@@H]2[C@@H](O)C[C@@]2(C)[C@H]1CC[C@@]2(C)O. The Hall–Kier alpha value is -0.0800. The largest absolute Gasteiger partial charge is 0.393 e. The summed E-state index contributed by atoms with van der Waals surface area (Å²) in [7, 11) is 0. The molecular formula is C20H34O2. The maximum atomic E-state index is 11.1. The van der Waals surface area contributed by atoms with Crippen LogP contribution in [0.3, 0.4) is 0 Å². The van der Waals surface area contributed by atoms with Gasteiger partial charge >= 0.3 is 0 Å². The van der Waals surface area contributed by atoms with Crippen molar-refractivity contribution < 1.29 is 10.2 Å². The summed E-state index contributed by atoms with van der Waals surface area (Å²) in [4.78, 5) is 0. The summed E-state index contributed by atoms with van der Waals surface area (Å²) >= 11 is 0. The molecule has 2 N–H and O–H groups in total. The van der Waals surface area contributed by atoms with Crippen molar-refractivity contribution in [1.29, 1.82) is 0 Å². The van der Waals surface area contributed by atoms with Crippen molar-refractivity contribution in [3.8, 4) is 0 Å². The number of aliphatic hydroxyl groups is 2. The van der Waals surface area contributed by atoms with Gasteiger partial charge in [-0.15, -0.1) is 0 Å². The van der Waals surface area contributed by atoms with E-state index in [1.165, 1.54) is 38.5 Å². The van der Waals surface area contributed by atoms with E-state index >= 15 is 0 Å².